The fourth-order valence-corrected chi connectivity index (χ4v) is 3.14. The molecule has 1 fully saturated rings. The Balaban J connectivity index is 1.58. The Kier molecular flexibility index (Phi) is 4.38. The van der Waals surface area contributed by atoms with Crippen LogP contribution in [-0.2, 0) is 4.74 Å². The molecule has 1 unspecified atom stereocenters. The van der Waals surface area contributed by atoms with Gasteiger partial charge in [0.25, 0.3) is 0 Å². The summed E-state index contributed by atoms with van der Waals surface area (Å²) in [6, 6.07) is 8.92. The minimum atomic E-state index is 0.384. The highest BCUT2D eigenvalue weighted by atomic mass is 16.5. The van der Waals surface area contributed by atoms with Crippen LogP contribution in [0.25, 0.3) is 22.6 Å². The number of rotatable bonds is 3. The SMILES string of the molecule is Cc1cnc2nc(-c3ccc(C(C)N4CCOCC4)cc3)cnc2n1. The van der Waals surface area contributed by atoms with E-state index in [4.69, 9.17) is 4.74 Å². The smallest absolute Gasteiger partial charge is 0.198 e. The molecule has 0 radical (unpaired) electrons. The molecule has 0 spiro atoms. The van der Waals surface area contributed by atoms with Crippen LogP contribution in [0.4, 0.5) is 0 Å². The number of hydrogen-bond acceptors (Lipinski definition) is 6. The van der Waals surface area contributed by atoms with Crippen LogP contribution < -0.4 is 0 Å². The van der Waals surface area contributed by atoms with E-state index in [1.54, 1.807) is 12.4 Å². The Labute approximate surface area is 146 Å². The van der Waals surface area contributed by atoms with Gasteiger partial charge in [0.1, 0.15) is 0 Å². The van der Waals surface area contributed by atoms with Gasteiger partial charge in [-0.2, -0.15) is 0 Å². The average Bonchev–Trinajstić information content (AvgIpc) is 2.68. The van der Waals surface area contributed by atoms with E-state index < -0.39 is 0 Å². The zero-order valence-corrected chi connectivity index (χ0v) is 14.5. The molecular formula is C19H21N5O. The molecule has 0 N–H and O–H groups in total. The molecule has 3 heterocycles. The molecule has 128 valence electrons. The summed E-state index contributed by atoms with van der Waals surface area (Å²) in [6.07, 6.45) is 3.48. The first-order valence-electron chi connectivity index (χ1n) is 8.59. The van der Waals surface area contributed by atoms with E-state index in [0.717, 1.165) is 43.3 Å². The molecule has 0 bridgehead atoms. The number of morpholine rings is 1. The van der Waals surface area contributed by atoms with Crippen molar-refractivity contribution in [1.29, 1.82) is 0 Å². The maximum absolute atomic E-state index is 5.44. The zero-order chi connectivity index (χ0) is 17.2. The van der Waals surface area contributed by atoms with Crippen molar-refractivity contribution >= 4 is 11.3 Å². The number of nitrogens with zero attached hydrogens (tertiary/aromatic N) is 5. The molecule has 1 saturated heterocycles. The van der Waals surface area contributed by atoms with Gasteiger partial charge in [-0.05, 0) is 19.4 Å². The molecule has 3 aromatic rings. The quantitative estimate of drug-likeness (QED) is 0.733. The highest BCUT2D eigenvalue weighted by molar-refractivity contribution is 5.69. The van der Waals surface area contributed by atoms with Crippen LogP contribution >= 0.6 is 0 Å². The van der Waals surface area contributed by atoms with E-state index in [1.165, 1.54) is 5.56 Å². The lowest BCUT2D eigenvalue weighted by atomic mass is 10.0. The van der Waals surface area contributed by atoms with Crippen molar-refractivity contribution in [3.8, 4) is 11.3 Å². The van der Waals surface area contributed by atoms with Crippen molar-refractivity contribution in [1.82, 2.24) is 24.8 Å². The van der Waals surface area contributed by atoms with Crippen LogP contribution in [0.5, 0.6) is 0 Å². The predicted molar refractivity (Wildman–Crippen MR) is 96.1 cm³/mol. The van der Waals surface area contributed by atoms with Gasteiger partial charge in [-0.25, -0.2) is 19.9 Å². The largest absolute Gasteiger partial charge is 0.379 e. The third kappa shape index (κ3) is 3.36. The second-order valence-electron chi connectivity index (χ2n) is 6.36. The summed E-state index contributed by atoms with van der Waals surface area (Å²) in [6.45, 7) is 7.74. The average molecular weight is 335 g/mol. The molecule has 2 aromatic heterocycles. The Bertz CT molecular complexity index is 875. The highest BCUT2D eigenvalue weighted by Crippen LogP contribution is 2.24. The summed E-state index contributed by atoms with van der Waals surface area (Å²) in [4.78, 5) is 20.1. The lowest BCUT2D eigenvalue weighted by molar-refractivity contribution is 0.0198. The van der Waals surface area contributed by atoms with Gasteiger partial charge in [0.2, 0.25) is 0 Å². The van der Waals surface area contributed by atoms with E-state index in [2.05, 4.69) is 56.0 Å². The van der Waals surface area contributed by atoms with Crippen molar-refractivity contribution in [3.05, 3.63) is 47.9 Å². The molecule has 0 amide bonds. The minimum absolute atomic E-state index is 0.384. The van der Waals surface area contributed by atoms with E-state index in [0.29, 0.717) is 17.3 Å². The van der Waals surface area contributed by atoms with Gasteiger partial charge in [-0.15, -0.1) is 0 Å². The van der Waals surface area contributed by atoms with Gasteiger partial charge in [0.05, 0.1) is 37.0 Å². The fourth-order valence-electron chi connectivity index (χ4n) is 3.14. The van der Waals surface area contributed by atoms with Gasteiger partial charge < -0.3 is 4.74 Å². The monoisotopic (exact) mass is 335 g/mol. The summed E-state index contributed by atoms with van der Waals surface area (Å²) >= 11 is 0. The van der Waals surface area contributed by atoms with Crippen molar-refractivity contribution in [2.45, 2.75) is 19.9 Å². The summed E-state index contributed by atoms with van der Waals surface area (Å²) in [5.41, 5.74) is 5.16. The Morgan fingerprint density at radius 1 is 0.960 bits per heavy atom. The van der Waals surface area contributed by atoms with E-state index >= 15 is 0 Å². The number of benzene rings is 1. The predicted octanol–water partition coefficient (Wildman–Crippen LogP) is 2.79. The van der Waals surface area contributed by atoms with Gasteiger partial charge in [-0.1, -0.05) is 24.3 Å². The van der Waals surface area contributed by atoms with Gasteiger partial charge >= 0.3 is 0 Å². The van der Waals surface area contributed by atoms with Crippen LogP contribution in [-0.4, -0.2) is 51.1 Å². The van der Waals surface area contributed by atoms with Crippen LogP contribution in [0.2, 0.25) is 0 Å². The van der Waals surface area contributed by atoms with Crippen molar-refractivity contribution < 1.29 is 4.74 Å². The number of hydrogen-bond donors (Lipinski definition) is 0. The lowest BCUT2D eigenvalue weighted by Gasteiger charge is -2.32. The van der Waals surface area contributed by atoms with E-state index in [9.17, 15) is 0 Å². The van der Waals surface area contributed by atoms with E-state index in [1.807, 2.05) is 6.92 Å². The zero-order valence-electron chi connectivity index (χ0n) is 14.5. The molecule has 1 aromatic carbocycles. The number of aromatic nitrogens is 4. The highest BCUT2D eigenvalue weighted by Gasteiger charge is 2.18. The third-order valence-electron chi connectivity index (χ3n) is 4.67. The van der Waals surface area contributed by atoms with Crippen LogP contribution in [0.15, 0.2) is 36.7 Å². The van der Waals surface area contributed by atoms with Crippen LogP contribution in [0.1, 0.15) is 24.2 Å². The first-order chi connectivity index (χ1) is 12.2. The molecule has 1 aliphatic heterocycles. The molecule has 4 rings (SSSR count). The molecular weight excluding hydrogens is 314 g/mol. The van der Waals surface area contributed by atoms with Crippen molar-refractivity contribution in [2.75, 3.05) is 26.3 Å². The van der Waals surface area contributed by atoms with Gasteiger partial charge in [-0.3, -0.25) is 4.90 Å². The maximum Gasteiger partial charge on any atom is 0.198 e. The fraction of sp³-hybridized carbons (Fsp3) is 0.368. The summed E-state index contributed by atoms with van der Waals surface area (Å²) in [7, 11) is 0. The van der Waals surface area contributed by atoms with Crippen molar-refractivity contribution in [3.63, 3.8) is 0 Å². The second-order valence-corrected chi connectivity index (χ2v) is 6.36. The molecule has 6 heteroatoms. The Morgan fingerprint density at radius 2 is 1.64 bits per heavy atom. The molecule has 6 nitrogen and oxygen atoms in total. The van der Waals surface area contributed by atoms with Gasteiger partial charge in [0, 0.05) is 24.7 Å². The summed E-state index contributed by atoms with van der Waals surface area (Å²) in [5, 5.41) is 0. The summed E-state index contributed by atoms with van der Waals surface area (Å²) < 4.78 is 5.44. The first kappa shape index (κ1) is 16.1. The molecule has 0 saturated carbocycles. The standard InChI is InChI=1S/C19H21N5O/c1-13-11-20-19-18(22-13)21-12-17(23-19)16-5-3-15(4-6-16)14(2)24-7-9-25-10-8-24/h3-6,11-12,14H,7-10H2,1-2H3. The van der Waals surface area contributed by atoms with Crippen LogP contribution in [0.3, 0.4) is 0 Å². The molecule has 1 atom stereocenters. The molecule has 25 heavy (non-hydrogen) atoms. The summed E-state index contributed by atoms with van der Waals surface area (Å²) in [5.74, 6) is 0. The van der Waals surface area contributed by atoms with E-state index in [-0.39, 0.29) is 0 Å². The number of ether oxygens (including phenoxy) is 1. The minimum Gasteiger partial charge on any atom is -0.379 e. The molecule has 1 aliphatic rings. The number of aryl methyl sites for hydroxylation is 1. The third-order valence-corrected chi connectivity index (χ3v) is 4.67. The molecule has 0 aliphatic carbocycles. The second kappa shape index (κ2) is 6.82. The topological polar surface area (TPSA) is 64.0 Å². The van der Waals surface area contributed by atoms with Crippen LogP contribution in [0, 0.1) is 6.92 Å². The first-order valence-corrected chi connectivity index (χ1v) is 8.59. The normalized spacial score (nSPS) is 16.9. The van der Waals surface area contributed by atoms with Gasteiger partial charge in [0.15, 0.2) is 11.3 Å². The maximum atomic E-state index is 5.44. The lowest BCUT2D eigenvalue weighted by Crippen LogP contribution is -2.37. The number of fused-ring (bicyclic) bond motifs is 1. The Hall–Kier alpha value is -2.44. The van der Waals surface area contributed by atoms with Crippen molar-refractivity contribution in [2.24, 2.45) is 0 Å². The Morgan fingerprint density at radius 3 is 2.40 bits per heavy atom.